The van der Waals surface area contributed by atoms with E-state index in [4.69, 9.17) is 0 Å². The maximum Gasteiger partial charge on any atom is 0.270 e. The molecule has 2 aromatic rings. The lowest BCUT2D eigenvalue weighted by Gasteiger charge is -2.30. The molecule has 31 heavy (non-hydrogen) atoms. The van der Waals surface area contributed by atoms with Crippen molar-refractivity contribution in [3.63, 3.8) is 0 Å². The summed E-state index contributed by atoms with van der Waals surface area (Å²) in [4.78, 5) is 22.5. The summed E-state index contributed by atoms with van der Waals surface area (Å²) in [5, 5.41) is 15.9. The fourth-order valence-electron chi connectivity index (χ4n) is 3.43. The molecule has 1 amide bonds. The number of hydrogen-bond acceptors (Lipinski definition) is 8. The lowest BCUT2D eigenvalue weighted by Crippen LogP contribution is -2.42. The van der Waals surface area contributed by atoms with Gasteiger partial charge in [0.2, 0.25) is 0 Å². The van der Waals surface area contributed by atoms with Crippen LogP contribution in [0.5, 0.6) is 0 Å². The number of aliphatic hydroxyl groups is 1. The number of carbonyl (C=O) groups is 1. The molecule has 0 bridgehead atoms. The second kappa shape index (κ2) is 10.7. The van der Waals surface area contributed by atoms with E-state index in [0.29, 0.717) is 12.4 Å². The Kier molecular flexibility index (Phi) is 7.94. The molecule has 3 N–H and O–H groups in total. The number of benzene rings is 1. The quantitative estimate of drug-likeness (QED) is 0.480. The van der Waals surface area contributed by atoms with E-state index in [1.165, 1.54) is 23.5 Å². The third-order valence-electron chi connectivity index (χ3n) is 5.24. The van der Waals surface area contributed by atoms with Crippen molar-refractivity contribution in [2.45, 2.75) is 26.0 Å². The van der Waals surface area contributed by atoms with Gasteiger partial charge < -0.3 is 15.7 Å². The van der Waals surface area contributed by atoms with Crippen molar-refractivity contribution in [2.24, 2.45) is 0 Å². The predicted octanol–water partition coefficient (Wildman–Crippen LogP) is 0.472. The van der Waals surface area contributed by atoms with Crippen molar-refractivity contribution in [1.29, 1.82) is 0 Å². The normalized spacial score (nSPS) is 15.2. The van der Waals surface area contributed by atoms with Crippen LogP contribution in [0.4, 0.5) is 5.82 Å². The first kappa shape index (κ1) is 23.1. The summed E-state index contributed by atoms with van der Waals surface area (Å²) in [7, 11) is -3.08. The summed E-state index contributed by atoms with van der Waals surface area (Å²) >= 11 is 0. The van der Waals surface area contributed by atoms with Gasteiger partial charge in [-0.2, -0.15) is 0 Å². The number of amides is 1. The lowest BCUT2D eigenvalue weighted by molar-refractivity contribution is 0.0838. The first-order valence-electron chi connectivity index (χ1n) is 10.4. The number of anilines is 1. The topological polar surface area (TPSA) is 125 Å². The summed E-state index contributed by atoms with van der Waals surface area (Å²) in [5.41, 5.74) is 2.77. The molecule has 10 heteroatoms. The maximum atomic E-state index is 12.4. The van der Waals surface area contributed by atoms with Gasteiger partial charge in [0.05, 0.1) is 11.9 Å². The van der Waals surface area contributed by atoms with E-state index in [0.717, 1.165) is 19.5 Å². The molecule has 0 fully saturated rings. The number of nitrogens with one attached hydrogen (secondary N) is 2. The highest BCUT2D eigenvalue weighted by atomic mass is 32.2. The maximum absolute atomic E-state index is 12.4. The van der Waals surface area contributed by atoms with Gasteiger partial charge in [0.1, 0.15) is 17.8 Å². The molecule has 168 valence electrons. The Balaban J connectivity index is 1.45. The Morgan fingerprint density at radius 1 is 1.26 bits per heavy atom. The van der Waals surface area contributed by atoms with Crippen molar-refractivity contribution >= 4 is 21.6 Å². The largest absolute Gasteiger partial charge is 0.390 e. The molecular formula is C21H29N5O4S. The second-order valence-electron chi connectivity index (χ2n) is 7.57. The van der Waals surface area contributed by atoms with Crippen LogP contribution in [-0.2, 0) is 22.8 Å². The van der Waals surface area contributed by atoms with E-state index in [9.17, 15) is 18.3 Å². The molecule has 0 aliphatic carbocycles. The molecule has 0 spiro atoms. The van der Waals surface area contributed by atoms with Crippen LogP contribution >= 0.6 is 0 Å². The number of β-amino-alcohol motifs (C(OH)–C–C–N with tert-alkyl or cyclic N) is 1. The zero-order chi connectivity index (χ0) is 22.3. The van der Waals surface area contributed by atoms with Crippen LogP contribution in [0, 0.1) is 0 Å². The molecule has 1 unspecified atom stereocenters. The van der Waals surface area contributed by atoms with Crippen LogP contribution in [0.15, 0.2) is 36.7 Å². The third-order valence-corrected chi connectivity index (χ3v) is 6.94. The molecule has 0 radical (unpaired) electrons. The van der Waals surface area contributed by atoms with Crippen LogP contribution in [-0.4, -0.2) is 78.1 Å². The van der Waals surface area contributed by atoms with Crippen molar-refractivity contribution in [3.05, 3.63) is 53.5 Å². The van der Waals surface area contributed by atoms with Gasteiger partial charge in [-0.25, -0.2) is 18.4 Å². The lowest BCUT2D eigenvalue weighted by atomic mass is 10.00. The van der Waals surface area contributed by atoms with Crippen molar-refractivity contribution in [2.75, 3.05) is 43.0 Å². The summed E-state index contributed by atoms with van der Waals surface area (Å²) < 4.78 is 23.1. The van der Waals surface area contributed by atoms with Gasteiger partial charge in [0.25, 0.3) is 5.91 Å². The highest BCUT2D eigenvalue weighted by molar-refractivity contribution is 7.91. The Morgan fingerprint density at radius 3 is 2.81 bits per heavy atom. The number of hydrogen-bond donors (Lipinski definition) is 3. The van der Waals surface area contributed by atoms with E-state index >= 15 is 0 Å². The van der Waals surface area contributed by atoms with Crippen LogP contribution in [0.25, 0.3) is 0 Å². The molecule has 1 aliphatic heterocycles. The van der Waals surface area contributed by atoms with Gasteiger partial charge >= 0.3 is 0 Å². The number of carbonyl (C=O) groups excluding carboxylic acids is 1. The number of fused-ring (bicyclic) bond motifs is 1. The van der Waals surface area contributed by atoms with Gasteiger partial charge in [-0.05, 0) is 17.5 Å². The number of rotatable bonds is 10. The van der Waals surface area contributed by atoms with Crippen molar-refractivity contribution in [3.8, 4) is 0 Å². The standard InChI is InChI=1S/C21H29N5O4S/c1-2-31(29,30)10-8-22-20-11-19(24-15-25-20)21(28)23-12-18(27)14-26-9-7-16-5-3-4-6-17(16)13-26/h3-6,11,15,18,27H,2,7-10,12-14H2,1H3,(H,23,28)(H,22,24,25). The van der Waals surface area contributed by atoms with Crippen molar-refractivity contribution in [1.82, 2.24) is 20.2 Å². The molecule has 0 saturated carbocycles. The van der Waals surface area contributed by atoms with Crippen LogP contribution in [0.3, 0.4) is 0 Å². The number of sulfone groups is 1. The van der Waals surface area contributed by atoms with Crippen molar-refractivity contribution < 1.29 is 18.3 Å². The molecule has 3 rings (SSSR count). The molecule has 1 aromatic heterocycles. The summed E-state index contributed by atoms with van der Waals surface area (Å²) in [6.07, 6.45) is 1.49. The molecule has 9 nitrogen and oxygen atoms in total. The van der Waals surface area contributed by atoms with Crippen LogP contribution in [0.2, 0.25) is 0 Å². The van der Waals surface area contributed by atoms with E-state index in [1.54, 1.807) is 6.92 Å². The summed E-state index contributed by atoms with van der Waals surface area (Å²) in [5.74, 6) is 0.0225. The molecule has 1 aliphatic rings. The van der Waals surface area contributed by atoms with Crippen LogP contribution in [0.1, 0.15) is 28.5 Å². The van der Waals surface area contributed by atoms with Gasteiger partial charge in [-0.3, -0.25) is 9.69 Å². The minimum absolute atomic E-state index is 0.0117. The summed E-state index contributed by atoms with van der Waals surface area (Å²) in [6, 6.07) is 9.76. The monoisotopic (exact) mass is 447 g/mol. The average Bonchev–Trinajstić information content (AvgIpc) is 2.77. The SMILES string of the molecule is CCS(=O)(=O)CCNc1cc(C(=O)NCC(O)CN2CCc3ccccc3C2)ncn1. The molecule has 0 saturated heterocycles. The first-order chi connectivity index (χ1) is 14.9. The Hall–Kier alpha value is -2.56. The first-order valence-corrected chi connectivity index (χ1v) is 12.2. The summed E-state index contributed by atoms with van der Waals surface area (Å²) in [6.45, 7) is 4.04. The smallest absolute Gasteiger partial charge is 0.270 e. The Bertz CT molecular complexity index is 999. The van der Waals surface area contributed by atoms with Gasteiger partial charge in [0.15, 0.2) is 9.84 Å². The predicted molar refractivity (Wildman–Crippen MR) is 119 cm³/mol. The minimum Gasteiger partial charge on any atom is -0.390 e. The van der Waals surface area contributed by atoms with E-state index < -0.39 is 21.8 Å². The van der Waals surface area contributed by atoms with Gasteiger partial charge in [0, 0.05) is 44.5 Å². The number of nitrogens with zero attached hydrogens (tertiary/aromatic N) is 3. The average molecular weight is 448 g/mol. The van der Waals surface area contributed by atoms with Gasteiger partial charge in [-0.15, -0.1) is 0 Å². The third kappa shape index (κ3) is 6.98. The molecule has 1 atom stereocenters. The Morgan fingerprint density at radius 2 is 2.03 bits per heavy atom. The number of aromatic nitrogens is 2. The fraction of sp³-hybridized carbons (Fsp3) is 0.476. The molecule has 2 heterocycles. The zero-order valence-corrected chi connectivity index (χ0v) is 18.4. The zero-order valence-electron chi connectivity index (χ0n) is 17.6. The number of aliphatic hydroxyl groups excluding tert-OH is 1. The molecular weight excluding hydrogens is 418 g/mol. The van der Waals surface area contributed by atoms with Gasteiger partial charge in [-0.1, -0.05) is 31.2 Å². The van der Waals surface area contributed by atoms with E-state index in [1.807, 2.05) is 12.1 Å². The second-order valence-corrected chi connectivity index (χ2v) is 10.0. The van der Waals surface area contributed by atoms with Crippen LogP contribution < -0.4 is 10.6 Å². The van der Waals surface area contributed by atoms with E-state index in [2.05, 4.69) is 37.6 Å². The fourth-order valence-corrected chi connectivity index (χ4v) is 4.13. The molecule has 1 aromatic carbocycles. The highest BCUT2D eigenvalue weighted by Gasteiger charge is 2.19. The van der Waals surface area contributed by atoms with E-state index in [-0.39, 0.29) is 30.3 Å². The minimum atomic E-state index is -3.08. The Labute approximate surface area is 182 Å². The highest BCUT2D eigenvalue weighted by Crippen LogP contribution is 2.18.